The van der Waals surface area contributed by atoms with E-state index in [4.69, 9.17) is 27.9 Å². The number of Topliss-reactive ketones (excluding diaryl/α,β-unsaturated/α-hetero) is 2. The predicted molar refractivity (Wildman–Crippen MR) is 132 cm³/mol. The lowest BCUT2D eigenvalue weighted by atomic mass is 9.71. The van der Waals surface area contributed by atoms with Crippen molar-refractivity contribution in [2.24, 2.45) is 0 Å². The monoisotopic (exact) mass is 566 g/mol. The Morgan fingerprint density at radius 2 is 1.47 bits per heavy atom. The molecule has 1 heterocycles. The molecule has 0 bridgehead atoms. The smallest absolute Gasteiger partial charge is 0.416 e. The van der Waals surface area contributed by atoms with Crippen LogP contribution >= 0.6 is 23.2 Å². The lowest BCUT2D eigenvalue weighted by Gasteiger charge is -2.37. The van der Waals surface area contributed by atoms with Crippen LogP contribution in [0.25, 0.3) is 0 Å². The summed E-state index contributed by atoms with van der Waals surface area (Å²) in [5.74, 6) is -1.54. The van der Waals surface area contributed by atoms with Crippen LogP contribution in [0.5, 0.6) is 11.5 Å². The number of nitro benzene ring substituents is 1. The van der Waals surface area contributed by atoms with Gasteiger partial charge >= 0.3 is 11.9 Å². The van der Waals surface area contributed by atoms with Gasteiger partial charge in [0, 0.05) is 47.4 Å². The SMILES string of the molecule is O=C1CCCC2=C1C(c1cc(Cl)c(Oc3ccc(C(F)(F)F)cc3[N+](=O)[O-])c(Cl)c1)C1=C(CCCC1=O)N2. The zero-order valence-electron chi connectivity index (χ0n) is 19.6. The zero-order chi connectivity index (χ0) is 27.4. The first kappa shape index (κ1) is 26.2. The summed E-state index contributed by atoms with van der Waals surface area (Å²) in [6, 6.07) is 4.77. The lowest BCUT2D eigenvalue weighted by Crippen LogP contribution is -2.36. The van der Waals surface area contributed by atoms with Crippen LogP contribution in [-0.2, 0) is 15.8 Å². The lowest BCUT2D eigenvalue weighted by molar-refractivity contribution is -0.385. The Kier molecular flexibility index (Phi) is 6.73. The van der Waals surface area contributed by atoms with E-state index in [1.165, 1.54) is 12.1 Å². The van der Waals surface area contributed by atoms with Crippen LogP contribution in [0.1, 0.15) is 55.6 Å². The summed E-state index contributed by atoms with van der Waals surface area (Å²) >= 11 is 13.0. The Bertz CT molecular complexity index is 1400. The molecule has 7 nitrogen and oxygen atoms in total. The first-order valence-electron chi connectivity index (χ1n) is 11.8. The fraction of sp³-hybridized carbons (Fsp3) is 0.308. The summed E-state index contributed by atoms with van der Waals surface area (Å²) in [6.45, 7) is 0. The largest absolute Gasteiger partial charge is 0.447 e. The van der Waals surface area contributed by atoms with Crippen LogP contribution in [0.4, 0.5) is 18.9 Å². The second-order valence-corrected chi connectivity index (χ2v) is 10.1. The molecule has 38 heavy (non-hydrogen) atoms. The van der Waals surface area contributed by atoms with Crippen molar-refractivity contribution < 1.29 is 32.4 Å². The van der Waals surface area contributed by atoms with Crippen molar-refractivity contribution in [3.05, 3.63) is 84.2 Å². The molecule has 0 unspecified atom stereocenters. The van der Waals surface area contributed by atoms with Gasteiger partial charge in [-0.05, 0) is 55.5 Å². The predicted octanol–water partition coefficient (Wildman–Crippen LogP) is 7.41. The van der Waals surface area contributed by atoms with Crippen LogP contribution in [0, 0.1) is 10.1 Å². The number of hydrogen-bond donors (Lipinski definition) is 1. The average molecular weight is 567 g/mol. The molecule has 0 saturated heterocycles. The number of dihydropyridines is 1. The topological polar surface area (TPSA) is 98.5 Å². The normalized spacial score (nSPS) is 18.2. The molecule has 2 aromatic rings. The highest BCUT2D eigenvalue weighted by Crippen LogP contribution is 2.49. The molecule has 0 amide bonds. The minimum Gasteiger partial charge on any atom is -0.447 e. The number of alkyl halides is 3. The Balaban J connectivity index is 1.58. The van der Waals surface area contributed by atoms with Gasteiger partial charge in [-0.3, -0.25) is 19.7 Å². The molecule has 1 aliphatic heterocycles. The van der Waals surface area contributed by atoms with Crippen molar-refractivity contribution in [2.75, 3.05) is 0 Å². The number of rotatable bonds is 4. The van der Waals surface area contributed by atoms with E-state index in [9.17, 15) is 32.9 Å². The summed E-state index contributed by atoms with van der Waals surface area (Å²) in [4.78, 5) is 36.5. The highest BCUT2D eigenvalue weighted by molar-refractivity contribution is 6.37. The number of carbonyl (C=O) groups excluding carboxylic acids is 2. The van der Waals surface area contributed by atoms with E-state index in [-0.39, 0.29) is 27.4 Å². The van der Waals surface area contributed by atoms with Crippen molar-refractivity contribution >= 4 is 40.5 Å². The molecular weight excluding hydrogens is 548 g/mol. The van der Waals surface area contributed by atoms with Gasteiger partial charge in [0.05, 0.1) is 20.5 Å². The molecule has 1 N–H and O–H groups in total. The van der Waals surface area contributed by atoms with E-state index < -0.39 is 34.0 Å². The maximum atomic E-state index is 13.1. The summed E-state index contributed by atoms with van der Waals surface area (Å²) in [6.07, 6.45) is -1.42. The molecule has 3 aliphatic rings. The first-order chi connectivity index (χ1) is 18.0. The van der Waals surface area contributed by atoms with E-state index in [1.54, 1.807) is 0 Å². The number of halogens is 5. The number of ether oxygens (including phenoxy) is 1. The molecule has 2 aromatic carbocycles. The molecule has 2 aliphatic carbocycles. The van der Waals surface area contributed by atoms with Gasteiger partial charge in [0.1, 0.15) is 0 Å². The number of allylic oxidation sites excluding steroid dienone is 4. The molecule has 0 radical (unpaired) electrons. The minimum absolute atomic E-state index is 0.0818. The number of nitrogens with zero attached hydrogens (tertiary/aromatic N) is 1. The Hall–Kier alpha value is -3.37. The van der Waals surface area contributed by atoms with Gasteiger partial charge in [-0.1, -0.05) is 23.2 Å². The molecule has 5 rings (SSSR count). The third-order valence-corrected chi connectivity index (χ3v) is 7.40. The molecule has 0 aromatic heterocycles. The van der Waals surface area contributed by atoms with E-state index in [0.29, 0.717) is 67.4 Å². The van der Waals surface area contributed by atoms with Crippen LogP contribution in [0.2, 0.25) is 10.0 Å². The van der Waals surface area contributed by atoms with E-state index in [2.05, 4.69) is 5.32 Å². The van der Waals surface area contributed by atoms with Crippen molar-refractivity contribution in [3.63, 3.8) is 0 Å². The summed E-state index contributed by atoms with van der Waals surface area (Å²) in [7, 11) is 0. The summed E-state index contributed by atoms with van der Waals surface area (Å²) in [5.41, 5.74) is 0.868. The first-order valence-corrected chi connectivity index (χ1v) is 12.5. The van der Waals surface area contributed by atoms with Gasteiger partial charge in [-0.2, -0.15) is 13.2 Å². The van der Waals surface area contributed by atoms with E-state index in [0.717, 1.165) is 17.5 Å². The number of ketones is 2. The van der Waals surface area contributed by atoms with Gasteiger partial charge in [0.25, 0.3) is 0 Å². The van der Waals surface area contributed by atoms with Crippen molar-refractivity contribution in [2.45, 2.75) is 50.6 Å². The number of benzene rings is 2. The Labute approximate surface area is 224 Å². The van der Waals surface area contributed by atoms with Gasteiger partial charge < -0.3 is 10.1 Å². The number of hydrogen-bond acceptors (Lipinski definition) is 6. The fourth-order valence-corrected chi connectivity index (χ4v) is 5.77. The summed E-state index contributed by atoms with van der Waals surface area (Å²) < 4.78 is 44.8. The van der Waals surface area contributed by atoms with Gasteiger partial charge in [0.15, 0.2) is 17.3 Å². The third kappa shape index (κ3) is 4.67. The standard InChI is InChI=1S/C26H19Cl2F3N2O5/c27-14-9-12(22-23-16(3-1-5-19(23)34)32-17-4-2-6-20(35)24(17)22)10-15(28)25(14)38-21-8-7-13(26(29,30)31)11-18(21)33(36)37/h7-11,22,32H,1-6H2. The Morgan fingerprint density at radius 3 is 1.97 bits per heavy atom. The summed E-state index contributed by atoms with van der Waals surface area (Å²) in [5, 5.41) is 14.6. The van der Waals surface area contributed by atoms with Gasteiger partial charge in [0.2, 0.25) is 5.75 Å². The van der Waals surface area contributed by atoms with Crippen LogP contribution in [0.15, 0.2) is 52.9 Å². The molecular formula is C26H19Cl2F3N2O5. The second-order valence-electron chi connectivity index (χ2n) is 9.25. The highest BCUT2D eigenvalue weighted by atomic mass is 35.5. The van der Waals surface area contributed by atoms with Crippen molar-refractivity contribution in [1.29, 1.82) is 0 Å². The quantitative estimate of drug-likeness (QED) is 0.305. The van der Waals surface area contributed by atoms with Crippen molar-refractivity contribution in [1.82, 2.24) is 5.32 Å². The van der Waals surface area contributed by atoms with Gasteiger partial charge in [-0.15, -0.1) is 0 Å². The fourth-order valence-electron chi connectivity index (χ4n) is 5.19. The average Bonchev–Trinajstić information content (AvgIpc) is 2.84. The maximum Gasteiger partial charge on any atom is 0.416 e. The highest BCUT2D eigenvalue weighted by Gasteiger charge is 2.41. The molecule has 0 saturated carbocycles. The van der Waals surface area contributed by atoms with E-state index >= 15 is 0 Å². The Morgan fingerprint density at radius 1 is 0.921 bits per heavy atom. The molecule has 0 spiro atoms. The number of nitrogens with one attached hydrogen (secondary N) is 1. The molecule has 0 fully saturated rings. The van der Waals surface area contributed by atoms with Gasteiger partial charge in [-0.25, -0.2) is 0 Å². The van der Waals surface area contributed by atoms with Crippen LogP contribution < -0.4 is 10.1 Å². The third-order valence-electron chi connectivity index (χ3n) is 6.84. The molecule has 12 heteroatoms. The number of carbonyl (C=O) groups is 2. The van der Waals surface area contributed by atoms with Crippen LogP contribution in [-0.4, -0.2) is 16.5 Å². The number of nitro groups is 1. The maximum absolute atomic E-state index is 13.1. The van der Waals surface area contributed by atoms with E-state index in [1.807, 2.05) is 0 Å². The second kappa shape index (κ2) is 9.74. The molecule has 0 atom stereocenters. The van der Waals surface area contributed by atoms with Crippen molar-refractivity contribution in [3.8, 4) is 11.5 Å². The van der Waals surface area contributed by atoms with Crippen LogP contribution in [0.3, 0.4) is 0 Å². The molecule has 198 valence electrons. The minimum atomic E-state index is -4.79. The zero-order valence-corrected chi connectivity index (χ0v) is 21.1.